The van der Waals surface area contributed by atoms with Gasteiger partial charge in [-0.2, -0.15) is 4.31 Å². The molecule has 0 unspecified atom stereocenters. The Balaban J connectivity index is 2.08. The largest absolute Gasteiger partial charge is 0.372 e. The van der Waals surface area contributed by atoms with Crippen molar-refractivity contribution in [2.24, 2.45) is 0 Å². The Hall–Kier alpha value is -1.18. The van der Waals surface area contributed by atoms with Crippen LogP contribution >= 0.6 is 0 Å². The lowest BCUT2D eigenvalue weighted by atomic mass is 10.4. The zero-order valence-electron chi connectivity index (χ0n) is 12.0. The van der Waals surface area contributed by atoms with E-state index in [1.54, 1.807) is 32.4 Å². The summed E-state index contributed by atoms with van der Waals surface area (Å²) in [6, 6.07) is 3.22. The molecule has 1 saturated heterocycles. The third-order valence-electron chi connectivity index (χ3n) is 3.63. The summed E-state index contributed by atoms with van der Waals surface area (Å²) in [6.45, 7) is 3.43. The summed E-state index contributed by atoms with van der Waals surface area (Å²) in [7, 11) is -0.197. The van der Waals surface area contributed by atoms with Crippen LogP contribution in [-0.2, 0) is 10.0 Å². The summed E-state index contributed by atoms with van der Waals surface area (Å²) in [5, 5.41) is 2.83. The van der Waals surface area contributed by atoms with Crippen LogP contribution < -0.4 is 5.32 Å². The number of aromatic nitrogens is 1. The van der Waals surface area contributed by atoms with Crippen LogP contribution in [0.15, 0.2) is 23.2 Å². The molecule has 1 aromatic heterocycles. The lowest BCUT2D eigenvalue weighted by Crippen LogP contribution is -2.35. The normalized spacial score (nSPS) is 16.8. The van der Waals surface area contributed by atoms with Crippen LogP contribution in [0.5, 0.6) is 0 Å². The number of likely N-dealkylation sites (N-methyl/N-ethyl adjacent to an activating group) is 1. The second-order valence-corrected chi connectivity index (χ2v) is 6.99. The summed E-state index contributed by atoms with van der Waals surface area (Å²) >= 11 is 0. The molecule has 0 spiro atoms. The molecule has 0 atom stereocenters. The van der Waals surface area contributed by atoms with E-state index in [2.05, 4.69) is 15.2 Å². The van der Waals surface area contributed by atoms with Crippen LogP contribution in [0, 0.1) is 0 Å². The lowest BCUT2D eigenvalue weighted by molar-refractivity contribution is 0.310. The minimum Gasteiger partial charge on any atom is -0.372 e. The minimum atomic E-state index is -3.49. The van der Waals surface area contributed by atoms with E-state index in [0.717, 1.165) is 19.6 Å². The first kappa shape index (κ1) is 15.2. The number of hydrogen-bond donors (Lipinski definition) is 1. The van der Waals surface area contributed by atoms with Crippen molar-refractivity contribution < 1.29 is 8.42 Å². The Morgan fingerprint density at radius 2 is 2.10 bits per heavy atom. The van der Waals surface area contributed by atoms with Crippen molar-refractivity contribution in [3.05, 3.63) is 18.3 Å². The first-order valence-electron chi connectivity index (χ1n) is 6.87. The summed E-state index contributed by atoms with van der Waals surface area (Å²) in [4.78, 5) is 6.58. The van der Waals surface area contributed by atoms with Gasteiger partial charge in [0.05, 0.1) is 0 Å². The fourth-order valence-corrected chi connectivity index (χ4v) is 3.67. The van der Waals surface area contributed by atoms with Crippen LogP contribution in [-0.4, -0.2) is 62.9 Å². The number of nitrogens with zero attached hydrogens (tertiary/aromatic N) is 3. The molecule has 1 aliphatic rings. The smallest absolute Gasteiger partial charge is 0.246 e. The van der Waals surface area contributed by atoms with Gasteiger partial charge in [-0.25, -0.2) is 13.4 Å². The molecule has 0 aliphatic carbocycles. The molecule has 2 rings (SSSR count). The van der Waals surface area contributed by atoms with Gasteiger partial charge in [-0.15, -0.1) is 0 Å². The number of nitrogens with one attached hydrogen (secondary N) is 1. The molecule has 0 amide bonds. The molecule has 0 bridgehead atoms. The highest BCUT2D eigenvalue weighted by Crippen LogP contribution is 2.21. The highest BCUT2D eigenvalue weighted by Gasteiger charge is 2.25. The Bertz CT molecular complexity index is 541. The topological polar surface area (TPSA) is 65.5 Å². The standard InChI is InChI=1S/C13H22N4O2S/c1-14-13-12(6-5-7-15-13)20(18,19)16(2)10-11-17-8-3-4-9-17/h5-7H,3-4,8-11H2,1-2H3,(H,14,15). The van der Waals surface area contributed by atoms with Crippen molar-refractivity contribution in [2.75, 3.05) is 45.6 Å². The lowest BCUT2D eigenvalue weighted by Gasteiger charge is -2.22. The van der Waals surface area contributed by atoms with Crippen LogP contribution in [0.4, 0.5) is 5.82 Å². The number of likely N-dealkylation sites (tertiary alicyclic amines) is 1. The van der Waals surface area contributed by atoms with E-state index >= 15 is 0 Å². The predicted molar refractivity (Wildman–Crippen MR) is 79.3 cm³/mol. The second kappa shape index (κ2) is 6.51. The number of sulfonamides is 1. The molecule has 20 heavy (non-hydrogen) atoms. The quantitative estimate of drug-likeness (QED) is 0.843. The van der Waals surface area contributed by atoms with E-state index < -0.39 is 10.0 Å². The number of pyridine rings is 1. The fraction of sp³-hybridized carbons (Fsp3) is 0.615. The molecule has 0 aromatic carbocycles. The monoisotopic (exact) mass is 298 g/mol. The summed E-state index contributed by atoms with van der Waals surface area (Å²) in [5.41, 5.74) is 0. The summed E-state index contributed by atoms with van der Waals surface area (Å²) < 4.78 is 26.5. The first-order valence-corrected chi connectivity index (χ1v) is 8.31. The molecule has 0 saturated carbocycles. The van der Waals surface area contributed by atoms with Gasteiger partial charge in [-0.05, 0) is 38.1 Å². The zero-order chi connectivity index (χ0) is 14.6. The van der Waals surface area contributed by atoms with Gasteiger partial charge in [-0.3, -0.25) is 0 Å². The Morgan fingerprint density at radius 1 is 1.40 bits per heavy atom. The number of anilines is 1. The van der Waals surface area contributed by atoms with Gasteiger partial charge in [0.15, 0.2) is 0 Å². The number of hydrogen-bond acceptors (Lipinski definition) is 5. The molecule has 112 valence electrons. The highest BCUT2D eigenvalue weighted by molar-refractivity contribution is 7.89. The molecule has 1 aliphatic heterocycles. The van der Waals surface area contributed by atoms with Crippen molar-refractivity contribution in [1.82, 2.24) is 14.2 Å². The average molecular weight is 298 g/mol. The van der Waals surface area contributed by atoms with Crippen molar-refractivity contribution in [2.45, 2.75) is 17.7 Å². The van der Waals surface area contributed by atoms with Crippen molar-refractivity contribution >= 4 is 15.8 Å². The van der Waals surface area contributed by atoms with Crippen molar-refractivity contribution in [3.63, 3.8) is 0 Å². The molecule has 7 heteroatoms. The molecular weight excluding hydrogens is 276 g/mol. The molecule has 0 radical (unpaired) electrons. The summed E-state index contributed by atoms with van der Waals surface area (Å²) in [5.74, 6) is 0.389. The average Bonchev–Trinajstić information content (AvgIpc) is 2.97. The van der Waals surface area contributed by atoms with E-state index in [4.69, 9.17) is 0 Å². The predicted octanol–water partition coefficient (Wildman–Crippen LogP) is 0.840. The van der Waals surface area contributed by atoms with Gasteiger partial charge in [0.2, 0.25) is 10.0 Å². The zero-order valence-corrected chi connectivity index (χ0v) is 12.9. The maximum Gasteiger partial charge on any atom is 0.246 e. The van der Waals surface area contributed by atoms with E-state index in [1.807, 2.05) is 0 Å². The minimum absolute atomic E-state index is 0.228. The Morgan fingerprint density at radius 3 is 2.75 bits per heavy atom. The van der Waals surface area contributed by atoms with Crippen molar-refractivity contribution in [3.8, 4) is 0 Å². The summed E-state index contributed by atoms with van der Waals surface area (Å²) in [6.07, 6.45) is 4.00. The maximum atomic E-state index is 12.5. The van der Waals surface area contributed by atoms with Gasteiger partial charge < -0.3 is 10.2 Å². The third kappa shape index (κ3) is 3.28. The fourth-order valence-electron chi connectivity index (χ4n) is 2.36. The van der Waals surface area contributed by atoms with Crippen LogP contribution in [0.1, 0.15) is 12.8 Å². The molecule has 2 heterocycles. The van der Waals surface area contributed by atoms with Gasteiger partial charge >= 0.3 is 0 Å². The molecule has 1 fully saturated rings. The van der Waals surface area contributed by atoms with Crippen LogP contribution in [0.2, 0.25) is 0 Å². The Labute approximate surface area is 120 Å². The van der Waals surface area contributed by atoms with Gasteiger partial charge in [-0.1, -0.05) is 0 Å². The molecular formula is C13H22N4O2S. The highest BCUT2D eigenvalue weighted by atomic mass is 32.2. The third-order valence-corrected chi connectivity index (χ3v) is 5.51. The van der Waals surface area contributed by atoms with Crippen LogP contribution in [0.3, 0.4) is 0 Å². The van der Waals surface area contributed by atoms with Gasteiger partial charge in [0, 0.05) is 33.4 Å². The van der Waals surface area contributed by atoms with Crippen molar-refractivity contribution in [1.29, 1.82) is 0 Å². The maximum absolute atomic E-state index is 12.5. The Kier molecular flexibility index (Phi) is 4.95. The van der Waals surface area contributed by atoms with E-state index in [-0.39, 0.29) is 4.90 Å². The van der Waals surface area contributed by atoms with E-state index in [1.165, 1.54) is 17.1 Å². The van der Waals surface area contributed by atoms with Crippen LogP contribution in [0.25, 0.3) is 0 Å². The second-order valence-electron chi connectivity index (χ2n) is 4.98. The van der Waals surface area contributed by atoms with E-state index in [9.17, 15) is 8.42 Å². The number of rotatable bonds is 6. The SMILES string of the molecule is CNc1ncccc1S(=O)(=O)N(C)CCN1CCCC1. The van der Waals surface area contributed by atoms with Gasteiger partial charge in [0.25, 0.3) is 0 Å². The first-order chi connectivity index (χ1) is 9.55. The molecule has 1 aromatic rings. The molecule has 1 N–H and O–H groups in total. The van der Waals surface area contributed by atoms with Gasteiger partial charge in [0.1, 0.15) is 10.7 Å². The van der Waals surface area contributed by atoms with E-state index in [0.29, 0.717) is 12.4 Å². The molecule has 6 nitrogen and oxygen atoms in total.